The number of hydrogen-bond acceptors (Lipinski definition) is 2. The van der Waals surface area contributed by atoms with Crippen molar-refractivity contribution < 1.29 is 4.42 Å². The summed E-state index contributed by atoms with van der Waals surface area (Å²) < 4.78 is 5.66. The maximum absolute atomic E-state index is 12.3. The molecule has 27 heavy (non-hydrogen) atoms. The topological polar surface area (TPSA) is 30.2 Å². The zero-order valence-corrected chi connectivity index (χ0v) is 15.9. The van der Waals surface area contributed by atoms with Crippen LogP contribution in [0.5, 0.6) is 0 Å². The lowest BCUT2D eigenvalue weighted by Gasteiger charge is -2.09. The molecule has 2 nitrogen and oxygen atoms in total. The molecule has 0 fully saturated rings. The number of hydrogen-bond donors (Lipinski definition) is 0. The van der Waals surface area contributed by atoms with Crippen LogP contribution in [-0.4, -0.2) is 0 Å². The summed E-state index contributed by atoms with van der Waals surface area (Å²) in [7, 11) is 0. The first-order valence-corrected chi connectivity index (χ1v) is 9.69. The highest BCUT2D eigenvalue weighted by Gasteiger charge is 2.12. The van der Waals surface area contributed by atoms with E-state index in [1.807, 2.05) is 42.5 Å². The highest BCUT2D eigenvalue weighted by atomic mass is 16.4. The fraction of sp³-hybridized carbons (Fsp3) is 0.240. The predicted molar refractivity (Wildman–Crippen MR) is 114 cm³/mol. The first-order chi connectivity index (χ1) is 13.3. The molecule has 0 aliphatic heterocycles. The van der Waals surface area contributed by atoms with Gasteiger partial charge in [0.2, 0.25) is 0 Å². The molecule has 1 heterocycles. The zero-order valence-electron chi connectivity index (χ0n) is 15.9. The van der Waals surface area contributed by atoms with Crippen LogP contribution in [0.4, 0.5) is 0 Å². The minimum atomic E-state index is -0.227. The highest BCUT2D eigenvalue weighted by molar-refractivity contribution is 5.85. The first kappa shape index (κ1) is 18.9. The van der Waals surface area contributed by atoms with Crippen LogP contribution in [-0.2, 0) is 12.8 Å². The molecule has 0 saturated carbocycles. The quantitative estimate of drug-likeness (QED) is 0.440. The van der Waals surface area contributed by atoms with Crippen LogP contribution < -0.4 is 5.63 Å². The van der Waals surface area contributed by atoms with Gasteiger partial charge >= 0.3 is 5.63 Å². The number of aryl methyl sites for hydroxylation is 1. The van der Waals surface area contributed by atoms with Gasteiger partial charge < -0.3 is 4.42 Å². The van der Waals surface area contributed by atoms with E-state index < -0.39 is 0 Å². The van der Waals surface area contributed by atoms with Gasteiger partial charge in [0, 0.05) is 12.0 Å². The largest absolute Gasteiger partial charge is 0.427 e. The van der Waals surface area contributed by atoms with E-state index in [1.165, 1.54) is 5.56 Å². The van der Waals surface area contributed by atoms with E-state index in [0.717, 1.165) is 48.8 Å². The average molecular weight is 358 g/mol. The number of rotatable bonds is 8. The van der Waals surface area contributed by atoms with E-state index in [0.29, 0.717) is 5.39 Å². The fourth-order valence-corrected chi connectivity index (χ4v) is 3.21. The standard InChI is InChI=1S/C25H26O2/c1-2-3-19-24-22(21-16-11-12-18-23(21)25(26)27-24)17-10-5-4-7-13-20-14-8-6-9-15-20/h5-16,18H,2-4,17,19H2,1H3/b10-5+,13-7+. The second-order valence-corrected chi connectivity index (χ2v) is 6.66. The van der Waals surface area contributed by atoms with Gasteiger partial charge in [-0.3, -0.25) is 0 Å². The highest BCUT2D eigenvalue weighted by Crippen LogP contribution is 2.22. The van der Waals surface area contributed by atoms with Gasteiger partial charge in [-0.1, -0.05) is 86.2 Å². The molecule has 2 aromatic carbocycles. The summed E-state index contributed by atoms with van der Waals surface area (Å²) in [6.45, 7) is 2.15. The number of unbranched alkanes of at least 4 members (excludes halogenated alkanes) is 1. The summed E-state index contributed by atoms with van der Waals surface area (Å²) in [5.41, 5.74) is 2.13. The molecule has 0 bridgehead atoms. The monoisotopic (exact) mass is 358 g/mol. The SMILES string of the molecule is CCCCc1oc(=O)c2ccccc2c1C/C=C/C/C=C/c1ccccc1. The van der Waals surface area contributed by atoms with Crippen molar-refractivity contribution in [2.24, 2.45) is 0 Å². The summed E-state index contributed by atoms with van der Waals surface area (Å²) >= 11 is 0. The molecule has 0 radical (unpaired) electrons. The van der Waals surface area contributed by atoms with Crippen molar-refractivity contribution >= 4 is 16.8 Å². The van der Waals surface area contributed by atoms with Gasteiger partial charge in [0.25, 0.3) is 0 Å². The van der Waals surface area contributed by atoms with Crippen molar-refractivity contribution in [1.82, 2.24) is 0 Å². The molecule has 0 aliphatic carbocycles. The van der Waals surface area contributed by atoms with E-state index in [-0.39, 0.29) is 5.63 Å². The van der Waals surface area contributed by atoms with Crippen molar-refractivity contribution in [2.75, 3.05) is 0 Å². The maximum atomic E-state index is 12.3. The van der Waals surface area contributed by atoms with Crippen molar-refractivity contribution in [2.45, 2.75) is 39.0 Å². The van der Waals surface area contributed by atoms with Gasteiger partial charge in [-0.25, -0.2) is 4.79 Å². The van der Waals surface area contributed by atoms with Gasteiger partial charge in [-0.05, 0) is 36.3 Å². The summed E-state index contributed by atoms with van der Waals surface area (Å²) in [6.07, 6.45) is 13.2. The normalized spacial score (nSPS) is 11.7. The summed E-state index contributed by atoms with van der Waals surface area (Å²) in [6, 6.07) is 18.1. The average Bonchev–Trinajstić information content (AvgIpc) is 2.71. The van der Waals surface area contributed by atoms with Crippen LogP contribution in [0.25, 0.3) is 16.8 Å². The van der Waals surface area contributed by atoms with Gasteiger partial charge in [0.1, 0.15) is 5.76 Å². The molecular formula is C25H26O2. The molecule has 1 aromatic heterocycles. The zero-order chi connectivity index (χ0) is 18.9. The van der Waals surface area contributed by atoms with E-state index >= 15 is 0 Å². The molecule has 0 N–H and O–H groups in total. The van der Waals surface area contributed by atoms with Gasteiger partial charge in [0.15, 0.2) is 0 Å². The molecule has 0 atom stereocenters. The van der Waals surface area contributed by atoms with E-state index in [1.54, 1.807) is 0 Å². The Hall–Kier alpha value is -2.87. The molecule has 2 heteroatoms. The third kappa shape index (κ3) is 5.07. The smallest absolute Gasteiger partial charge is 0.343 e. The molecule has 0 spiro atoms. The third-order valence-electron chi connectivity index (χ3n) is 4.65. The lowest BCUT2D eigenvalue weighted by Crippen LogP contribution is -2.07. The Kier molecular flexibility index (Phi) is 6.81. The van der Waals surface area contributed by atoms with Crippen LogP contribution >= 0.6 is 0 Å². The lowest BCUT2D eigenvalue weighted by atomic mass is 10.00. The number of benzene rings is 2. The first-order valence-electron chi connectivity index (χ1n) is 9.69. The Bertz CT molecular complexity index is 978. The van der Waals surface area contributed by atoms with Crippen LogP contribution in [0.1, 0.15) is 43.1 Å². The Labute approximate surface area is 160 Å². The fourth-order valence-electron chi connectivity index (χ4n) is 3.21. The lowest BCUT2D eigenvalue weighted by molar-refractivity contribution is 0.454. The minimum Gasteiger partial charge on any atom is -0.427 e. The van der Waals surface area contributed by atoms with Crippen LogP contribution in [0.3, 0.4) is 0 Å². The molecule has 0 aliphatic rings. The molecule has 138 valence electrons. The molecule has 0 amide bonds. The van der Waals surface area contributed by atoms with Crippen LogP contribution in [0, 0.1) is 0 Å². The van der Waals surface area contributed by atoms with Gasteiger partial charge in [-0.15, -0.1) is 0 Å². The Balaban J connectivity index is 1.75. The number of allylic oxidation sites excluding steroid dienone is 3. The molecule has 3 rings (SSSR count). The predicted octanol–water partition coefficient (Wildman–Crippen LogP) is 6.34. The summed E-state index contributed by atoms with van der Waals surface area (Å²) in [5.74, 6) is 0.838. The van der Waals surface area contributed by atoms with E-state index in [4.69, 9.17) is 4.42 Å². The summed E-state index contributed by atoms with van der Waals surface area (Å²) in [4.78, 5) is 12.3. The molecule has 0 saturated heterocycles. The molecular weight excluding hydrogens is 332 g/mol. The summed E-state index contributed by atoms with van der Waals surface area (Å²) in [5, 5.41) is 1.69. The number of fused-ring (bicyclic) bond motifs is 1. The van der Waals surface area contributed by atoms with Crippen molar-refractivity contribution in [3.63, 3.8) is 0 Å². The van der Waals surface area contributed by atoms with Gasteiger partial charge in [0.05, 0.1) is 5.39 Å². The van der Waals surface area contributed by atoms with E-state index in [2.05, 4.69) is 43.4 Å². The molecule has 3 aromatic rings. The Morgan fingerprint density at radius 1 is 0.889 bits per heavy atom. The van der Waals surface area contributed by atoms with Crippen LogP contribution in [0.15, 0.2) is 82.0 Å². The Morgan fingerprint density at radius 3 is 2.41 bits per heavy atom. The second-order valence-electron chi connectivity index (χ2n) is 6.66. The van der Waals surface area contributed by atoms with Crippen molar-refractivity contribution in [3.8, 4) is 0 Å². The van der Waals surface area contributed by atoms with Crippen LogP contribution in [0.2, 0.25) is 0 Å². The van der Waals surface area contributed by atoms with E-state index in [9.17, 15) is 4.79 Å². The second kappa shape index (κ2) is 9.72. The third-order valence-corrected chi connectivity index (χ3v) is 4.65. The van der Waals surface area contributed by atoms with Gasteiger partial charge in [-0.2, -0.15) is 0 Å². The minimum absolute atomic E-state index is 0.227. The van der Waals surface area contributed by atoms with Crippen molar-refractivity contribution in [3.05, 3.63) is 100 Å². The Morgan fingerprint density at radius 2 is 1.63 bits per heavy atom. The van der Waals surface area contributed by atoms with Crippen molar-refractivity contribution in [1.29, 1.82) is 0 Å². The molecule has 0 unspecified atom stereocenters. The maximum Gasteiger partial charge on any atom is 0.343 e.